The molecule has 0 spiro atoms. The molecule has 3 rings (SSSR count). The lowest BCUT2D eigenvalue weighted by Crippen LogP contribution is -2.48. The molecule has 0 bridgehead atoms. The summed E-state index contributed by atoms with van der Waals surface area (Å²) < 4.78 is 5.69. The molecule has 0 amide bonds. The Hall–Kier alpha value is -2.41. The van der Waals surface area contributed by atoms with Crippen molar-refractivity contribution in [1.29, 1.82) is 0 Å². The van der Waals surface area contributed by atoms with Crippen LogP contribution >= 0.6 is 0 Å². The molecule has 0 atom stereocenters. The lowest BCUT2D eigenvalue weighted by molar-refractivity contribution is 0.214. The van der Waals surface area contributed by atoms with Gasteiger partial charge in [0.15, 0.2) is 0 Å². The first-order valence-electron chi connectivity index (χ1n) is 8.28. The van der Waals surface area contributed by atoms with E-state index in [4.69, 9.17) is 4.74 Å². The van der Waals surface area contributed by atoms with Gasteiger partial charge in [-0.05, 0) is 33.8 Å². The Morgan fingerprint density at radius 1 is 1.33 bits per heavy atom. The summed E-state index contributed by atoms with van der Waals surface area (Å²) in [6.07, 6.45) is 0. The zero-order valence-corrected chi connectivity index (χ0v) is 14.6. The number of nitrogens with zero attached hydrogens (tertiary/aromatic N) is 4. The highest BCUT2D eigenvalue weighted by molar-refractivity contribution is 5.94. The number of hydrogen-bond donors (Lipinski definition) is 2. The minimum atomic E-state index is 0.454. The second kappa shape index (κ2) is 7.00. The number of rotatable bonds is 4. The molecule has 0 unspecified atom stereocenters. The Morgan fingerprint density at radius 2 is 2.17 bits per heavy atom. The van der Waals surface area contributed by atoms with Gasteiger partial charge in [-0.3, -0.25) is 10.2 Å². The molecule has 2 aromatic rings. The van der Waals surface area contributed by atoms with Crippen molar-refractivity contribution in [2.45, 2.75) is 33.7 Å². The van der Waals surface area contributed by atoms with E-state index in [0.717, 1.165) is 29.0 Å². The van der Waals surface area contributed by atoms with E-state index in [2.05, 4.69) is 44.3 Å². The highest BCUT2D eigenvalue weighted by atomic mass is 16.5. The molecule has 2 N–H and O–H groups in total. The third-order valence-electron chi connectivity index (χ3n) is 4.00. The minimum Gasteiger partial charge on any atom is -0.492 e. The molecule has 1 aromatic carbocycles. The largest absolute Gasteiger partial charge is 0.492 e. The molecule has 128 valence electrons. The van der Waals surface area contributed by atoms with E-state index in [9.17, 15) is 0 Å². The van der Waals surface area contributed by atoms with Crippen molar-refractivity contribution < 1.29 is 4.74 Å². The Morgan fingerprint density at radius 3 is 2.83 bits per heavy atom. The summed E-state index contributed by atoms with van der Waals surface area (Å²) in [7, 11) is 0. The number of guanidine groups is 1. The van der Waals surface area contributed by atoms with E-state index < -0.39 is 0 Å². The molecular formula is C17H24N6O. The Balaban J connectivity index is 1.87. The van der Waals surface area contributed by atoms with Crippen LogP contribution in [0, 0.1) is 6.92 Å². The second-order valence-corrected chi connectivity index (χ2v) is 6.01. The fourth-order valence-corrected chi connectivity index (χ4v) is 2.59. The topological polar surface area (TPSA) is 74.7 Å². The molecule has 1 aliphatic heterocycles. The van der Waals surface area contributed by atoms with E-state index in [0.29, 0.717) is 31.2 Å². The molecule has 7 heteroatoms. The van der Waals surface area contributed by atoms with E-state index in [1.807, 2.05) is 32.0 Å². The summed E-state index contributed by atoms with van der Waals surface area (Å²) in [6.45, 7) is 10.3. The normalized spacial score (nSPS) is 15.3. The quantitative estimate of drug-likeness (QED) is 0.897. The number of anilines is 1. The van der Waals surface area contributed by atoms with E-state index in [-0.39, 0.29) is 0 Å². The molecule has 2 heterocycles. The van der Waals surface area contributed by atoms with Gasteiger partial charge in [-0.15, -0.1) is 0 Å². The number of aryl methyl sites for hydroxylation is 1. The van der Waals surface area contributed by atoms with Crippen LogP contribution < -0.4 is 15.4 Å². The number of ether oxygens (including phenoxy) is 1. The van der Waals surface area contributed by atoms with E-state index >= 15 is 0 Å². The molecule has 24 heavy (non-hydrogen) atoms. The maximum atomic E-state index is 5.69. The number of fused-ring (bicyclic) bond motifs is 1. The average Bonchev–Trinajstić information content (AvgIpc) is 2.56. The summed E-state index contributed by atoms with van der Waals surface area (Å²) in [5, 5.41) is 7.43. The molecule has 0 fully saturated rings. The Kier molecular flexibility index (Phi) is 4.80. The summed E-state index contributed by atoms with van der Waals surface area (Å²) in [5.74, 6) is 1.99. The predicted octanol–water partition coefficient (Wildman–Crippen LogP) is 2.33. The van der Waals surface area contributed by atoms with Gasteiger partial charge in [-0.25, -0.2) is 15.0 Å². The number of nitrogens with one attached hydrogen (secondary N) is 2. The van der Waals surface area contributed by atoms with Crippen molar-refractivity contribution in [1.82, 2.24) is 20.2 Å². The molecule has 0 aliphatic carbocycles. The number of aromatic nitrogens is 2. The van der Waals surface area contributed by atoms with Crippen LogP contribution in [0.4, 0.5) is 5.95 Å². The van der Waals surface area contributed by atoms with Gasteiger partial charge in [0.25, 0.3) is 0 Å². The predicted molar refractivity (Wildman–Crippen MR) is 96.3 cm³/mol. The van der Waals surface area contributed by atoms with Gasteiger partial charge in [0.2, 0.25) is 11.9 Å². The van der Waals surface area contributed by atoms with Gasteiger partial charge in [-0.2, -0.15) is 0 Å². The molecule has 0 radical (unpaired) electrons. The number of aliphatic imine (C=N–C) groups is 1. The van der Waals surface area contributed by atoms with Crippen molar-refractivity contribution in [3.05, 3.63) is 23.9 Å². The van der Waals surface area contributed by atoms with Crippen LogP contribution in [0.3, 0.4) is 0 Å². The molecule has 0 saturated heterocycles. The summed E-state index contributed by atoms with van der Waals surface area (Å²) in [6, 6.07) is 6.35. The van der Waals surface area contributed by atoms with Gasteiger partial charge in [0.05, 0.1) is 25.6 Å². The molecule has 7 nitrogen and oxygen atoms in total. The van der Waals surface area contributed by atoms with Crippen LogP contribution in [-0.4, -0.2) is 46.8 Å². The molecule has 0 saturated carbocycles. The lowest BCUT2D eigenvalue weighted by atomic mass is 10.2. The van der Waals surface area contributed by atoms with Crippen LogP contribution in [0.25, 0.3) is 10.9 Å². The summed E-state index contributed by atoms with van der Waals surface area (Å²) >= 11 is 0. The SMILES string of the molecule is CCOc1cccc2c(C)nc(NC3=NCN(C(C)C)CN3)nc12. The van der Waals surface area contributed by atoms with Crippen LogP contribution in [0.2, 0.25) is 0 Å². The highest BCUT2D eigenvalue weighted by Crippen LogP contribution is 2.26. The van der Waals surface area contributed by atoms with Crippen LogP contribution in [-0.2, 0) is 0 Å². The monoisotopic (exact) mass is 328 g/mol. The van der Waals surface area contributed by atoms with Crippen molar-refractivity contribution in [3.63, 3.8) is 0 Å². The average molecular weight is 328 g/mol. The number of benzene rings is 1. The van der Waals surface area contributed by atoms with Gasteiger partial charge in [-0.1, -0.05) is 12.1 Å². The third kappa shape index (κ3) is 3.41. The van der Waals surface area contributed by atoms with Crippen molar-refractivity contribution in [3.8, 4) is 5.75 Å². The first kappa shape index (κ1) is 16.4. The van der Waals surface area contributed by atoms with E-state index in [1.165, 1.54) is 0 Å². The number of hydrogen-bond acceptors (Lipinski definition) is 7. The molecule has 1 aliphatic rings. The van der Waals surface area contributed by atoms with E-state index in [1.54, 1.807) is 0 Å². The van der Waals surface area contributed by atoms with Crippen molar-refractivity contribution in [2.24, 2.45) is 4.99 Å². The summed E-state index contributed by atoms with van der Waals surface area (Å²) in [5.41, 5.74) is 1.72. The first-order chi connectivity index (χ1) is 11.6. The van der Waals surface area contributed by atoms with Crippen LogP contribution in [0.5, 0.6) is 5.75 Å². The van der Waals surface area contributed by atoms with Crippen LogP contribution in [0.15, 0.2) is 23.2 Å². The summed E-state index contributed by atoms with van der Waals surface area (Å²) in [4.78, 5) is 15.9. The first-order valence-corrected chi connectivity index (χ1v) is 8.28. The van der Waals surface area contributed by atoms with Gasteiger partial charge >= 0.3 is 0 Å². The standard InChI is InChI=1S/C17H24N6O/c1-5-24-14-8-6-7-13-12(4)20-17(21-15(13)14)22-16-18-9-23(10-19-16)11(2)3/h6-8,11H,5,9-10H2,1-4H3,(H2,18,19,20,21,22). The minimum absolute atomic E-state index is 0.454. The van der Waals surface area contributed by atoms with Crippen molar-refractivity contribution in [2.75, 3.05) is 25.3 Å². The lowest BCUT2D eigenvalue weighted by Gasteiger charge is -2.29. The highest BCUT2D eigenvalue weighted by Gasteiger charge is 2.16. The maximum absolute atomic E-state index is 5.69. The molecular weight excluding hydrogens is 304 g/mol. The smallest absolute Gasteiger partial charge is 0.230 e. The van der Waals surface area contributed by atoms with Gasteiger partial charge < -0.3 is 10.1 Å². The zero-order valence-electron chi connectivity index (χ0n) is 14.6. The Labute approximate surface area is 142 Å². The third-order valence-corrected chi connectivity index (χ3v) is 4.00. The second-order valence-electron chi connectivity index (χ2n) is 6.01. The molecule has 1 aromatic heterocycles. The van der Waals surface area contributed by atoms with Crippen LogP contribution in [0.1, 0.15) is 26.5 Å². The fraction of sp³-hybridized carbons (Fsp3) is 0.471. The van der Waals surface area contributed by atoms with Gasteiger partial charge in [0, 0.05) is 11.4 Å². The zero-order chi connectivity index (χ0) is 17.1. The Bertz CT molecular complexity index is 758. The van der Waals surface area contributed by atoms with Gasteiger partial charge in [0.1, 0.15) is 11.3 Å². The maximum Gasteiger partial charge on any atom is 0.230 e. The van der Waals surface area contributed by atoms with Crippen molar-refractivity contribution >= 4 is 22.8 Å². The number of para-hydroxylation sites is 1. The fourth-order valence-electron chi connectivity index (χ4n) is 2.59.